The van der Waals surface area contributed by atoms with Crippen LogP contribution in [0.4, 0.5) is 0 Å². The lowest BCUT2D eigenvalue weighted by molar-refractivity contribution is 0.187. The number of nitrogens with zero attached hydrogens (tertiary/aromatic N) is 3. The SMILES string of the molecule is CN(C)CCC(c1ccc2ccccc2c1)N(N)/N=C\N. The molecule has 0 aliphatic carbocycles. The topological polar surface area (TPSA) is 70.9 Å². The number of hydrazone groups is 1. The standard InChI is InChI=1S/C16H23N5/c1-20(2)10-9-16(21(18)19-12-17)15-8-7-13-5-3-4-6-14(13)11-15/h3-8,11-12,16H,9-10,18H2,1-2H3,(H2,17,19). The molecule has 5 nitrogen and oxygen atoms in total. The molecule has 0 aliphatic heterocycles. The summed E-state index contributed by atoms with van der Waals surface area (Å²) in [5.41, 5.74) is 6.51. The third kappa shape index (κ3) is 3.93. The summed E-state index contributed by atoms with van der Waals surface area (Å²) in [6.45, 7) is 0.922. The molecule has 0 spiro atoms. The molecule has 2 aromatic rings. The van der Waals surface area contributed by atoms with Crippen molar-refractivity contribution in [1.29, 1.82) is 0 Å². The van der Waals surface area contributed by atoms with E-state index in [-0.39, 0.29) is 6.04 Å². The van der Waals surface area contributed by atoms with E-state index in [9.17, 15) is 0 Å². The van der Waals surface area contributed by atoms with Crippen LogP contribution in [0.25, 0.3) is 10.8 Å². The molecule has 2 aromatic carbocycles. The average Bonchev–Trinajstić information content (AvgIpc) is 2.47. The highest BCUT2D eigenvalue weighted by Gasteiger charge is 2.17. The van der Waals surface area contributed by atoms with Crippen molar-refractivity contribution in [2.24, 2.45) is 16.7 Å². The van der Waals surface area contributed by atoms with Crippen molar-refractivity contribution in [1.82, 2.24) is 10.0 Å². The zero-order chi connectivity index (χ0) is 15.2. The molecule has 4 N–H and O–H groups in total. The van der Waals surface area contributed by atoms with Crippen LogP contribution in [0.1, 0.15) is 18.0 Å². The quantitative estimate of drug-likeness (QED) is 0.368. The molecule has 0 saturated carbocycles. The molecule has 0 saturated heterocycles. The van der Waals surface area contributed by atoms with Gasteiger partial charge >= 0.3 is 0 Å². The van der Waals surface area contributed by atoms with E-state index in [1.165, 1.54) is 22.2 Å². The Labute approximate surface area is 125 Å². The predicted molar refractivity (Wildman–Crippen MR) is 88.6 cm³/mol. The van der Waals surface area contributed by atoms with Gasteiger partial charge in [-0.05, 0) is 49.5 Å². The normalized spacial score (nSPS) is 13.1. The Balaban J connectivity index is 2.32. The van der Waals surface area contributed by atoms with Gasteiger partial charge in [-0.1, -0.05) is 36.4 Å². The van der Waals surface area contributed by atoms with Crippen molar-refractivity contribution >= 4 is 17.1 Å². The van der Waals surface area contributed by atoms with Crippen molar-refractivity contribution in [3.63, 3.8) is 0 Å². The molecule has 0 amide bonds. The van der Waals surface area contributed by atoms with Crippen LogP contribution in [-0.4, -0.2) is 37.0 Å². The summed E-state index contributed by atoms with van der Waals surface area (Å²) >= 11 is 0. The lowest BCUT2D eigenvalue weighted by Crippen LogP contribution is -2.33. The molecule has 0 aromatic heterocycles. The van der Waals surface area contributed by atoms with Crippen molar-refractivity contribution in [3.05, 3.63) is 48.0 Å². The first-order valence-electron chi connectivity index (χ1n) is 7.03. The highest BCUT2D eigenvalue weighted by Crippen LogP contribution is 2.26. The summed E-state index contributed by atoms with van der Waals surface area (Å²) in [5, 5.41) is 7.87. The summed E-state index contributed by atoms with van der Waals surface area (Å²) in [5.74, 6) is 6.03. The molecule has 0 radical (unpaired) electrons. The van der Waals surface area contributed by atoms with Gasteiger partial charge in [0.1, 0.15) is 6.34 Å². The Morgan fingerprint density at radius 1 is 1.14 bits per heavy atom. The number of fused-ring (bicyclic) bond motifs is 1. The zero-order valence-electron chi connectivity index (χ0n) is 12.6. The van der Waals surface area contributed by atoms with E-state index in [2.05, 4.69) is 40.3 Å². The second-order valence-electron chi connectivity index (χ2n) is 5.36. The maximum Gasteiger partial charge on any atom is 0.107 e. The van der Waals surface area contributed by atoms with E-state index < -0.39 is 0 Å². The molecule has 0 bridgehead atoms. The van der Waals surface area contributed by atoms with Gasteiger partial charge < -0.3 is 10.6 Å². The third-order valence-corrected chi connectivity index (χ3v) is 3.53. The van der Waals surface area contributed by atoms with Crippen molar-refractivity contribution in [2.75, 3.05) is 20.6 Å². The molecule has 0 fully saturated rings. The number of benzene rings is 2. The van der Waals surface area contributed by atoms with Crippen LogP contribution in [-0.2, 0) is 0 Å². The van der Waals surface area contributed by atoms with E-state index in [1.54, 1.807) is 0 Å². The predicted octanol–water partition coefficient (Wildman–Crippen LogP) is 1.91. The maximum atomic E-state index is 6.03. The van der Waals surface area contributed by atoms with Gasteiger partial charge in [-0.15, -0.1) is 0 Å². The number of hydrogen-bond donors (Lipinski definition) is 2. The van der Waals surface area contributed by atoms with Crippen LogP contribution in [0.3, 0.4) is 0 Å². The first kappa shape index (κ1) is 15.3. The average molecular weight is 285 g/mol. The Bertz CT molecular complexity index is 608. The third-order valence-electron chi connectivity index (χ3n) is 3.53. The summed E-state index contributed by atoms with van der Waals surface area (Å²) < 4.78 is 0. The highest BCUT2D eigenvalue weighted by atomic mass is 15.6. The van der Waals surface area contributed by atoms with E-state index in [0.717, 1.165) is 18.5 Å². The molecule has 1 unspecified atom stereocenters. The summed E-state index contributed by atoms with van der Waals surface area (Å²) in [6.07, 6.45) is 2.10. The first-order valence-corrected chi connectivity index (χ1v) is 7.03. The van der Waals surface area contributed by atoms with Crippen molar-refractivity contribution in [2.45, 2.75) is 12.5 Å². The van der Waals surface area contributed by atoms with Gasteiger partial charge in [-0.25, -0.2) is 11.0 Å². The van der Waals surface area contributed by atoms with E-state index in [4.69, 9.17) is 11.6 Å². The van der Waals surface area contributed by atoms with Crippen LogP contribution in [0.15, 0.2) is 47.6 Å². The lowest BCUT2D eigenvalue weighted by Gasteiger charge is -2.26. The molecule has 21 heavy (non-hydrogen) atoms. The monoisotopic (exact) mass is 285 g/mol. The first-order chi connectivity index (χ1) is 10.1. The highest BCUT2D eigenvalue weighted by molar-refractivity contribution is 5.83. The molecular weight excluding hydrogens is 262 g/mol. The van der Waals surface area contributed by atoms with Crippen LogP contribution in [0.2, 0.25) is 0 Å². The fraction of sp³-hybridized carbons (Fsp3) is 0.312. The number of hydrazine groups is 1. The Morgan fingerprint density at radius 3 is 2.52 bits per heavy atom. The Morgan fingerprint density at radius 2 is 1.86 bits per heavy atom. The van der Waals surface area contributed by atoms with Crippen LogP contribution in [0.5, 0.6) is 0 Å². The minimum atomic E-state index is -0.00296. The molecule has 1 atom stereocenters. The number of hydrogen-bond acceptors (Lipinski definition) is 4. The summed E-state index contributed by atoms with van der Waals surface area (Å²) in [4.78, 5) is 2.13. The number of rotatable bonds is 6. The number of nitrogens with two attached hydrogens (primary N) is 2. The lowest BCUT2D eigenvalue weighted by atomic mass is 10.00. The van der Waals surface area contributed by atoms with Gasteiger partial charge in [0.15, 0.2) is 0 Å². The zero-order valence-corrected chi connectivity index (χ0v) is 12.6. The molecule has 0 heterocycles. The second-order valence-corrected chi connectivity index (χ2v) is 5.36. The Hall–Kier alpha value is -2.11. The maximum absolute atomic E-state index is 6.03. The summed E-state index contributed by atoms with van der Waals surface area (Å²) in [6, 6.07) is 14.7. The summed E-state index contributed by atoms with van der Waals surface area (Å²) in [7, 11) is 4.09. The van der Waals surface area contributed by atoms with Crippen molar-refractivity contribution < 1.29 is 0 Å². The van der Waals surface area contributed by atoms with E-state index >= 15 is 0 Å². The molecule has 0 aliphatic rings. The smallest absolute Gasteiger partial charge is 0.107 e. The van der Waals surface area contributed by atoms with Crippen LogP contribution >= 0.6 is 0 Å². The fourth-order valence-corrected chi connectivity index (χ4v) is 2.40. The second kappa shape index (κ2) is 7.06. The van der Waals surface area contributed by atoms with Gasteiger partial charge in [0.2, 0.25) is 0 Å². The minimum absolute atomic E-state index is 0.00296. The van der Waals surface area contributed by atoms with Gasteiger partial charge in [-0.3, -0.25) is 0 Å². The van der Waals surface area contributed by atoms with E-state index in [1.807, 2.05) is 26.2 Å². The minimum Gasteiger partial charge on any atom is -0.388 e. The van der Waals surface area contributed by atoms with E-state index in [0.29, 0.717) is 0 Å². The van der Waals surface area contributed by atoms with Crippen LogP contribution in [0, 0.1) is 0 Å². The van der Waals surface area contributed by atoms with Gasteiger partial charge in [-0.2, -0.15) is 5.10 Å². The molecule has 5 heteroatoms. The fourth-order valence-electron chi connectivity index (χ4n) is 2.40. The van der Waals surface area contributed by atoms with Crippen LogP contribution < -0.4 is 11.6 Å². The largest absolute Gasteiger partial charge is 0.388 e. The van der Waals surface area contributed by atoms with Crippen molar-refractivity contribution in [3.8, 4) is 0 Å². The van der Waals surface area contributed by atoms with Gasteiger partial charge in [0.25, 0.3) is 0 Å². The van der Waals surface area contributed by atoms with Gasteiger partial charge in [0, 0.05) is 0 Å². The molecule has 112 valence electrons. The van der Waals surface area contributed by atoms with Gasteiger partial charge in [0.05, 0.1) is 6.04 Å². The molecular formula is C16H23N5. The molecule has 2 rings (SSSR count). The Kier molecular flexibility index (Phi) is 5.14.